The molecule has 5 aromatic rings. The minimum absolute atomic E-state index is 0.0222. The van der Waals surface area contributed by atoms with Crippen LogP contribution in [0.2, 0.25) is 0 Å². The van der Waals surface area contributed by atoms with E-state index in [9.17, 15) is 24.5 Å². The number of thioether (sulfide) groups is 1. The molecule has 12 nitrogen and oxygen atoms in total. The van der Waals surface area contributed by atoms with Gasteiger partial charge in [-0.3, -0.25) is 29.5 Å². The van der Waals surface area contributed by atoms with E-state index in [0.29, 0.717) is 22.3 Å². The molecule has 0 saturated carbocycles. The molecular weight excluding hydrogens is 697 g/mol. The Morgan fingerprint density at radius 1 is 0.849 bits per heavy atom. The third kappa shape index (κ3) is 6.98. The van der Waals surface area contributed by atoms with Crippen molar-refractivity contribution in [1.82, 2.24) is 15.2 Å². The smallest absolute Gasteiger partial charge is 0.331 e. The van der Waals surface area contributed by atoms with Crippen molar-refractivity contribution in [3.8, 4) is 0 Å². The fraction of sp³-hybridized carbons (Fsp3) is 0.175. The number of ether oxygens (including phenoxy) is 2. The summed E-state index contributed by atoms with van der Waals surface area (Å²) in [5.74, 6) is -2.69. The van der Waals surface area contributed by atoms with Gasteiger partial charge in [0.15, 0.2) is 16.9 Å². The van der Waals surface area contributed by atoms with Gasteiger partial charge in [-0.15, -0.1) is 11.8 Å². The van der Waals surface area contributed by atoms with Crippen molar-refractivity contribution in [1.29, 1.82) is 0 Å². The zero-order chi connectivity index (χ0) is 37.0. The molecule has 0 spiro atoms. The summed E-state index contributed by atoms with van der Waals surface area (Å²) in [6.07, 6.45) is 2.10. The average molecular weight is 729 g/mol. The molecule has 2 fully saturated rings. The van der Waals surface area contributed by atoms with Crippen molar-refractivity contribution in [2.45, 2.75) is 41.3 Å². The van der Waals surface area contributed by atoms with Crippen molar-refractivity contribution < 1.29 is 33.6 Å². The highest BCUT2D eigenvalue weighted by atomic mass is 32.2. The highest BCUT2D eigenvalue weighted by Crippen LogP contribution is 2.58. The van der Waals surface area contributed by atoms with Crippen LogP contribution in [0.25, 0.3) is 0 Å². The van der Waals surface area contributed by atoms with Crippen LogP contribution >= 0.6 is 11.8 Å². The first kappa shape index (κ1) is 35.1. The molecule has 2 unspecified atom stereocenters. The molecule has 3 heterocycles. The number of non-ortho nitro benzene ring substituents is 1. The second-order valence-electron chi connectivity index (χ2n) is 12.5. The van der Waals surface area contributed by atoms with Gasteiger partial charge < -0.3 is 19.7 Å². The van der Waals surface area contributed by atoms with E-state index in [1.54, 1.807) is 24.3 Å². The van der Waals surface area contributed by atoms with E-state index in [1.807, 2.05) is 78.9 Å². The number of nitro groups is 1. The number of aromatic nitrogens is 1. The van der Waals surface area contributed by atoms with Crippen LogP contribution in [-0.4, -0.2) is 56.0 Å². The summed E-state index contributed by atoms with van der Waals surface area (Å²) in [5, 5.41) is 13.1. The van der Waals surface area contributed by atoms with Crippen LogP contribution in [-0.2, 0) is 46.4 Å². The van der Waals surface area contributed by atoms with Gasteiger partial charge in [0.05, 0.1) is 11.3 Å². The van der Waals surface area contributed by atoms with E-state index in [0.717, 1.165) is 17.3 Å². The Labute approximate surface area is 308 Å². The van der Waals surface area contributed by atoms with Gasteiger partial charge in [-0.05, 0) is 40.5 Å². The Hall–Kier alpha value is -6.34. The van der Waals surface area contributed by atoms with Crippen molar-refractivity contribution in [2.75, 3.05) is 0 Å². The van der Waals surface area contributed by atoms with Crippen LogP contribution in [0.15, 0.2) is 140 Å². The number of pyridine rings is 1. The monoisotopic (exact) mass is 728 g/mol. The van der Waals surface area contributed by atoms with Crippen molar-refractivity contribution in [3.05, 3.63) is 178 Å². The van der Waals surface area contributed by atoms with Gasteiger partial charge in [0, 0.05) is 30.1 Å². The Balaban J connectivity index is 1.26. The average Bonchev–Trinajstić information content (AvgIpc) is 3.53. The number of hydrogen-bond acceptors (Lipinski definition) is 10. The lowest BCUT2D eigenvalue weighted by molar-refractivity contribution is -0.384. The largest absolute Gasteiger partial charge is 0.459 e. The molecule has 0 aliphatic carbocycles. The molecule has 13 heteroatoms. The highest BCUT2D eigenvalue weighted by Gasteiger charge is 2.72. The van der Waals surface area contributed by atoms with E-state index in [4.69, 9.17) is 9.47 Å². The predicted octanol–water partition coefficient (Wildman–Crippen LogP) is 5.27. The maximum atomic E-state index is 15.0. The standard InChI is InChI=1S/C40H32N4O8S/c45-32(23-26-11-4-1-5-12-26)42-33-36(46)43-35(38(47)51-25-27-18-20-31(21-19-27)44(49)50)40(53-37(33)43,30-17-10-22-41-24-30)39(48)52-34(28-13-6-2-7-14-28)29-15-8-3-9-16-29/h1-22,24,33-35,37H,23,25H2,(H,42,45)/t33-,35?,37-,40?/m1/s1. The second-order valence-corrected chi connectivity index (χ2v) is 13.8. The third-order valence-electron chi connectivity index (χ3n) is 9.15. The SMILES string of the molecule is O=C(Cc1ccccc1)N[C@@H]1C(=O)N2C(C(=O)OCc3ccc([N+](=O)[O-])cc3)C(C(=O)OC(c3ccccc3)c3ccccc3)(c3cccnc3)S[C@H]12. The number of amides is 2. The summed E-state index contributed by atoms with van der Waals surface area (Å²) in [6.45, 7) is -0.295. The maximum absolute atomic E-state index is 15.0. The van der Waals surface area contributed by atoms with Crippen LogP contribution in [0.4, 0.5) is 5.69 Å². The number of esters is 2. The highest BCUT2D eigenvalue weighted by molar-refractivity contribution is 8.02. The first-order chi connectivity index (χ1) is 25.8. The summed E-state index contributed by atoms with van der Waals surface area (Å²) in [6, 6.07) is 33.5. The molecule has 4 aromatic carbocycles. The Kier molecular flexibility index (Phi) is 9.99. The number of nitro benzene ring substituents is 1. The van der Waals surface area contributed by atoms with Gasteiger partial charge in [0.1, 0.15) is 18.0 Å². The summed E-state index contributed by atoms with van der Waals surface area (Å²) in [7, 11) is 0. The van der Waals surface area contributed by atoms with Crippen molar-refractivity contribution in [2.24, 2.45) is 0 Å². The van der Waals surface area contributed by atoms with Crippen LogP contribution in [0.5, 0.6) is 0 Å². The lowest BCUT2D eigenvalue weighted by Crippen LogP contribution is -2.71. The van der Waals surface area contributed by atoms with E-state index < -0.39 is 57.0 Å². The maximum Gasteiger partial charge on any atom is 0.331 e. The Morgan fingerprint density at radius 2 is 1.47 bits per heavy atom. The molecule has 7 rings (SSSR count). The molecule has 2 aliphatic heterocycles. The molecule has 2 amide bonds. The van der Waals surface area contributed by atoms with Crippen LogP contribution < -0.4 is 5.32 Å². The summed E-state index contributed by atoms with van der Waals surface area (Å²) < 4.78 is 10.3. The number of rotatable bonds is 12. The quantitative estimate of drug-likeness (QED) is 0.0777. The first-order valence-corrected chi connectivity index (χ1v) is 17.6. The zero-order valence-corrected chi connectivity index (χ0v) is 28.8. The number of hydrogen-bond donors (Lipinski definition) is 1. The lowest BCUT2D eigenvalue weighted by atomic mass is 9.87. The van der Waals surface area contributed by atoms with Gasteiger partial charge >= 0.3 is 11.9 Å². The Bertz CT molecular complexity index is 2090. The number of nitrogens with one attached hydrogen (secondary N) is 1. The zero-order valence-electron chi connectivity index (χ0n) is 28.0. The van der Waals surface area contributed by atoms with Crippen LogP contribution in [0.3, 0.4) is 0 Å². The molecule has 4 atom stereocenters. The fourth-order valence-corrected chi connectivity index (χ4v) is 8.35. The van der Waals surface area contributed by atoms with Gasteiger partial charge in [0.2, 0.25) is 11.8 Å². The number of β-lactam (4-membered cyclic amide) rings is 1. The van der Waals surface area contributed by atoms with Crippen LogP contribution in [0.1, 0.15) is 33.9 Å². The topological polar surface area (TPSA) is 158 Å². The molecular formula is C40H32N4O8S. The van der Waals surface area contributed by atoms with E-state index in [2.05, 4.69) is 10.3 Å². The van der Waals surface area contributed by atoms with E-state index in [1.165, 1.54) is 41.6 Å². The molecule has 266 valence electrons. The number of carbonyl (C=O) groups excluding carboxylic acids is 4. The molecule has 53 heavy (non-hydrogen) atoms. The number of nitrogens with zero attached hydrogens (tertiary/aromatic N) is 3. The second kappa shape index (κ2) is 15.1. The van der Waals surface area contributed by atoms with E-state index in [-0.39, 0.29) is 18.7 Å². The molecule has 0 bridgehead atoms. The molecule has 1 N–H and O–H groups in total. The lowest BCUT2D eigenvalue weighted by Gasteiger charge is -2.43. The Morgan fingerprint density at radius 3 is 2.06 bits per heavy atom. The summed E-state index contributed by atoms with van der Waals surface area (Å²) in [4.78, 5) is 72.8. The van der Waals surface area contributed by atoms with E-state index >= 15 is 4.79 Å². The van der Waals surface area contributed by atoms with Gasteiger partial charge in [-0.1, -0.05) is 97.1 Å². The van der Waals surface area contributed by atoms with Crippen molar-refractivity contribution >= 4 is 41.2 Å². The molecule has 1 aromatic heterocycles. The van der Waals surface area contributed by atoms with Gasteiger partial charge in [-0.25, -0.2) is 4.79 Å². The van der Waals surface area contributed by atoms with Gasteiger partial charge in [0.25, 0.3) is 5.69 Å². The number of fused-ring (bicyclic) bond motifs is 1. The van der Waals surface area contributed by atoms with Crippen molar-refractivity contribution in [3.63, 3.8) is 0 Å². The molecule has 0 radical (unpaired) electrons. The first-order valence-electron chi connectivity index (χ1n) is 16.7. The normalized spacial score (nSPS) is 20.2. The van der Waals surface area contributed by atoms with Crippen LogP contribution in [0, 0.1) is 10.1 Å². The van der Waals surface area contributed by atoms with Gasteiger partial charge in [-0.2, -0.15) is 0 Å². The summed E-state index contributed by atoms with van der Waals surface area (Å²) in [5.41, 5.74) is 2.73. The number of carbonyl (C=O) groups is 4. The number of benzene rings is 4. The fourth-order valence-electron chi connectivity index (χ4n) is 6.57. The minimum Gasteiger partial charge on any atom is -0.459 e. The predicted molar refractivity (Wildman–Crippen MR) is 194 cm³/mol. The summed E-state index contributed by atoms with van der Waals surface area (Å²) >= 11 is 1.02. The third-order valence-corrected chi connectivity index (χ3v) is 10.9. The molecule has 2 saturated heterocycles. The molecule has 2 aliphatic rings. The minimum atomic E-state index is -1.89.